The first-order valence-corrected chi connectivity index (χ1v) is 23.8. The molecule has 9 heteroatoms. The number of allylic oxidation sites excluding steroid dienone is 8. The maximum absolute atomic E-state index is 14.4. The Bertz CT molecular complexity index is 2520. The smallest absolute Gasteiger partial charge is 0.316 e. The summed E-state index contributed by atoms with van der Waals surface area (Å²) in [6, 6.07) is 0. The number of nitrogens with zero attached hydrogens (tertiary/aromatic N) is 3. The number of esters is 2. The third-order valence-electron chi connectivity index (χ3n) is 13.9. The van der Waals surface area contributed by atoms with Gasteiger partial charge in [0.25, 0.3) is 0 Å². The molecule has 9 nitrogen and oxygen atoms in total. The third kappa shape index (κ3) is 10.5. The quantitative estimate of drug-likeness (QED) is 0.103. The molecule has 1 aliphatic carbocycles. The summed E-state index contributed by atoms with van der Waals surface area (Å²) in [7, 11) is 1.29. The van der Waals surface area contributed by atoms with Gasteiger partial charge < -0.3 is 19.6 Å². The van der Waals surface area contributed by atoms with Gasteiger partial charge in [-0.05, 0) is 141 Å². The second-order valence-corrected chi connectivity index (χ2v) is 19.1. The van der Waals surface area contributed by atoms with Crippen LogP contribution >= 0.6 is 0 Å². The lowest BCUT2D eigenvalue weighted by Gasteiger charge is -2.20. The van der Waals surface area contributed by atoms with Gasteiger partial charge in [-0.25, -0.2) is 15.0 Å². The molecule has 0 spiro atoms. The van der Waals surface area contributed by atoms with E-state index in [1.165, 1.54) is 57.6 Å². The molecule has 0 aromatic carbocycles. The summed E-state index contributed by atoms with van der Waals surface area (Å²) >= 11 is 0. The minimum atomic E-state index is -1.25. The number of fused-ring (bicyclic) bond motifs is 5. The number of aromatic amines is 1. The van der Waals surface area contributed by atoms with Crippen molar-refractivity contribution in [2.75, 3.05) is 13.7 Å². The van der Waals surface area contributed by atoms with Gasteiger partial charge in [0, 0.05) is 28.3 Å². The molecule has 1 aromatic rings. The fourth-order valence-corrected chi connectivity index (χ4v) is 9.78. The van der Waals surface area contributed by atoms with E-state index in [2.05, 4.69) is 66.1 Å². The van der Waals surface area contributed by atoms with Crippen molar-refractivity contribution in [1.82, 2.24) is 4.98 Å². The number of carbonyl (C=O) groups is 2. The first-order valence-electron chi connectivity index (χ1n) is 23.8. The Labute approximate surface area is 381 Å². The molecule has 5 aliphatic rings. The molecule has 0 saturated carbocycles. The van der Waals surface area contributed by atoms with E-state index in [-0.39, 0.29) is 31.2 Å². The summed E-state index contributed by atoms with van der Waals surface area (Å²) in [4.78, 5) is 45.9. The molecular weight excluding hydrogens is 797 g/mol. The molecule has 3 atom stereocenters. The number of methoxy groups -OCH3 is 1. The van der Waals surface area contributed by atoms with E-state index in [9.17, 15) is 14.7 Å². The molecule has 1 aromatic heterocycles. The zero-order valence-corrected chi connectivity index (χ0v) is 40.5. The number of aliphatic imine (C=N–C) groups is 3. The molecule has 0 radical (unpaired) electrons. The van der Waals surface area contributed by atoms with Crippen LogP contribution in [0.15, 0.2) is 101 Å². The SMILES string of the molecule is C=Cc1c(C)c2[nH]c1=CC1=NC(=CC3=C(C)C4=C([O-])C(C(=O)OC)C(=C5N=C(C=2)C(C)=C5CCC(=O)OC/C=C(\C)CCCC(C)CCCC(C)CCCC(C)C)C4=N3)C(CC)=C1C. The van der Waals surface area contributed by atoms with Gasteiger partial charge in [-0.3, -0.25) is 9.59 Å². The number of hydrogen-bond donors (Lipinski definition) is 1. The predicted octanol–water partition coefficient (Wildman–Crippen LogP) is 10.5. The molecule has 1 N–H and O–H groups in total. The molecule has 8 bridgehead atoms. The molecule has 64 heavy (non-hydrogen) atoms. The number of rotatable bonds is 20. The lowest BCUT2D eigenvalue weighted by molar-refractivity contribution is -0.311. The van der Waals surface area contributed by atoms with Gasteiger partial charge in [0.05, 0.1) is 47.3 Å². The number of H-pyrrole nitrogens is 1. The van der Waals surface area contributed by atoms with Crippen LogP contribution in [0, 0.1) is 30.6 Å². The Balaban J connectivity index is 1.22. The van der Waals surface area contributed by atoms with Crippen molar-refractivity contribution in [3.05, 3.63) is 108 Å². The van der Waals surface area contributed by atoms with Crippen molar-refractivity contribution in [2.45, 2.75) is 146 Å². The van der Waals surface area contributed by atoms with Gasteiger partial charge in [-0.15, -0.1) is 5.76 Å². The predicted molar refractivity (Wildman–Crippen MR) is 261 cm³/mol. The topological polar surface area (TPSA) is 129 Å². The fraction of sp³-hybridized carbons (Fsp3) is 0.509. The molecular formula is C55H71N4O5-. The number of aromatic nitrogens is 1. The molecule has 0 fully saturated rings. The van der Waals surface area contributed by atoms with E-state index in [4.69, 9.17) is 24.5 Å². The Morgan fingerprint density at radius 1 is 0.844 bits per heavy atom. The molecule has 5 heterocycles. The average Bonchev–Trinajstić information content (AvgIpc) is 3.99. The van der Waals surface area contributed by atoms with Crippen LogP contribution in [0.3, 0.4) is 0 Å². The summed E-state index contributed by atoms with van der Waals surface area (Å²) in [6.07, 6.45) is 22.2. The largest absolute Gasteiger partial charge is 0.874 e. The zero-order chi connectivity index (χ0) is 46.4. The van der Waals surface area contributed by atoms with Gasteiger partial charge >= 0.3 is 11.9 Å². The Morgan fingerprint density at radius 2 is 1.48 bits per heavy atom. The summed E-state index contributed by atoms with van der Waals surface area (Å²) in [5.41, 5.74) is 12.2. The Hall–Kier alpha value is -5.31. The molecule has 6 rings (SSSR count). The van der Waals surface area contributed by atoms with Crippen LogP contribution in [0.25, 0.3) is 18.2 Å². The number of hydrogen-bond acceptors (Lipinski definition) is 8. The van der Waals surface area contributed by atoms with E-state index >= 15 is 0 Å². The minimum Gasteiger partial charge on any atom is -0.874 e. The highest BCUT2D eigenvalue weighted by atomic mass is 16.5. The highest BCUT2D eigenvalue weighted by Crippen LogP contribution is 2.47. The van der Waals surface area contributed by atoms with Crippen LogP contribution in [0.5, 0.6) is 0 Å². The Kier molecular flexibility index (Phi) is 15.9. The first kappa shape index (κ1) is 48.2. The molecule has 342 valence electrons. The lowest BCUT2D eigenvalue weighted by Crippen LogP contribution is -2.25. The van der Waals surface area contributed by atoms with Crippen molar-refractivity contribution in [3.63, 3.8) is 0 Å². The zero-order valence-electron chi connectivity index (χ0n) is 40.5. The van der Waals surface area contributed by atoms with Gasteiger partial charge in [-0.2, -0.15) is 0 Å². The van der Waals surface area contributed by atoms with Gasteiger partial charge in [0.1, 0.15) is 6.61 Å². The van der Waals surface area contributed by atoms with Crippen molar-refractivity contribution in [3.8, 4) is 0 Å². The second-order valence-electron chi connectivity index (χ2n) is 19.1. The average molecular weight is 868 g/mol. The lowest BCUT2D eigenvalue weighted by atomic mass is 9.91. The van der Waals surface area contributed by atoms with Crippen LogP contribution in [0.2, 0.25) is 0 Å². The van der Waals surface area contributed by atoms with Gasteiger partial charge in [-0.1, -0.05) is 97.8 Å². The van der Waals surface area contributed by atoms with Crippen LogP contribution in [0.1, 0.15) is 150 Å². The van der Waals surface area contributed by atoms with Crippen LogP contribution in [-0.2, 0) is 19.1 Å². The van der Waals surface area contributed by atoms with Crippen molar-refractivity contribution in [2.24, 2.45) is 38.6 Å². The summed E-state index contributed by atoms with van der Waals surface area (Å²) in [5.74, 6) is -0.301. The molecule has 0 amide bonds. The highest BCUT2D eigenvalue weighted by molar-refractivity contribution is 6.27. The van der Waals surface area contributed by atoms with Crippen LogP contribution < -0.4 is 15.8 Å². The fourth-order valence-electron chi connectivity index (χ4n) is 9.78. The van der Waals surface area contributed by atoms with Crippen molar-refractivity contribution in [1.29, 1.82) is 0 Å². The molecule has 4 aliphatic heterocycles. The van der Waals surface area contributed by atoms with E-state index in [0.717, 1.165) is 86.6 Å². The number of nitrogens with one attached hydrogen (secondary N) is 1. The summed E-state index contributed by atoms with van der Waals surface area (Å²) in [6.45, 7) is 25.9. The van der Waals surface area contributed by atoms with Crippen molar-refractivity contribution >= 4 is 47.3 Å². The maximum Gasteiger partial charge on any atom is 0.316 e. The second kappa shape index (κ2) is 21.1. The van der Waals surface area contributed by atoms with E-state index < -0.39 is 11.9 Å². The third-order valence-corrected chi connectivity index (χ3v) is 13.9. The summed E-state index contributed by atoms with van der Waals surface area (Å²) in [5, 5.41) is 16.1. The normalized spacial score (nSPS) is 19.2. The molecule has 0 saturated heterocycles. The monoisotopic (exact) mass is 868 g/mol. The summed E-state index contributed by atoms with van der Waals surface area (Å²) < 4.78 is 11.0. The van der Waals surface area contributed by atoms with Crippen LogP contribution in [0.4, 0.5) is 0 Å². The van der Waals surface area contributed by atoms with E-state index in [1.807, 2.05) is 45.1 Å². The maximum atomic E-state index is 14.4. The van der Waals surface area contributed by atoms with Crippen molar-refractivity contribution < 1.29 is 24.2 Å². The standard InChI is InChI=1S/C55H72N4O5/c1-13-39-35(8)42-28-44-37(10)41(24-25-48(60)64-27-26-34(7)23-17-22-33(6)21-16-20-32(5)19-15-18-31(3)4)52(58-44)50-51(55(62)63-12)54(61)49-38(11)45(59-53(49)50)30-47-40(14-2)36(9)43(57-47)29-46(39)56-42/h13,26,28-33,51,56,61H,1,14-25,27H2,2-12H3/p-1/b34-26+,42-28?,46-29?,47-30?,52-50?. The van der Waals surface area contributed by atoms with E-state index in [0.29, 0.717) is 45.5 Å². The highest BCUT2D eigenvalue weighted by Gasteiger charge is 2.43. The van der Waals surface area contributed by atoms with Gasteiger partial charge in [0.15, 0.2) is 0 Å². The first-order chi connectivity index (χ1) is 30.6. The Morgan fingerprint density at radius 3 is 2.14 bits per heavy atom. The molecule has 3 unspecified atom stereocenters. The number of carbonyl (C=O) groups excluding carboxylic acids is 2. The number of ether oxygens (including phenoxy) is 2. The van der Waals surface area contributed by atoms with E-state index in [1.54, 1.807) is 0 Å². The van der Waals surface area contributed by atoms with Gasteiger partial charge in [0.2, 0.25) is 0 Å². The van der Waals surface area contributed by atoms with Crippen LogP contribution in [-0.4, -0.2) is 47.8 Å². The minimum absolute atomic E-state index is 0.0916.